The van der Waals surface area contributed by atoms with Crippen molar-refractivity contribution in [2.24, 2.45) is 0 Å². The van der Waals surface area contributed by atoms with Crippen LogP contribution in [-0.4, -0.2) is 0 Å². The Balaban J connectivity index is 1.33. The second-order valence-corrected chi connectivity index (χ2v) is 12.4. The number of benzene rings is 9. The van der Waals surface area contributed by atoms with Gasteiger partial charge >= 0.3 is 0 Å². The molecule has 1 heteroatoms. The number of fused-ring (bicyclic) bond motifs is 8. The van der Waals surface area contributed by atoms with E-state index in [0.717, 1.165) is 27.5 Å². The third kappa shape index (κ3) is 3.90. The Morgan fingerprint density at radius 1 is 0.298 bits per heavy atom. The van der Waals surface area contributed by atoms with Gasteiger partial charge in [-0.25, -0.2) is 0 Å². The third-order valence-electron chi connectivity index (χ3n) is 9.84. The summed E-state index contributed by atoms with van der Waals surface area (Å²) >= 11 is 0. The lowest BCUT2D eigenvalue weighted by Gasteiger charge is -2.19. The summed E-state index contributed by atoms with van der Waals surface area (Å²) in [7, 11) is 0. The SMILES string of the molecule is c1ccc(-c2cc(-c3c4ccccc4c(-c4cccc5c4ccc4ccccc45)c4ccccc34)cc3oc4ccccc4c23)cc1. The van der Waals surface area contributed by atoms with E-state index in [0.29, 0.717) is 0 Å². The van der Waals surface area contributed by atoms with Crippen molar-refractivity contribution in [2.75, 3.05) is 0 Å². The maximum Gasteiger partial charge on any atom is 0.136 e. The van der Waals surface area contributed by atoms with Crippen LogP contribution in [0.2, 0.25) is 0 Å². The fourth-order valence-corrected chi connectivity index (χ4v) is 7.83. The highest BCUT2D eigenvalue weighted by molar-refractivity contribution is 6.25. The summed E-state index contributed by atoms with van der Waals surface area (Å²) in [6.45, 7) is 0. The molecule has 0 bridgehead atoms. The van der Waals surface area contributed by atoms with Crippen molar-refractivity contribution < 1.29 is 4.42 Å². The van der Waals surface area contributed by atoms with Crippen LogP contribution < -0.4 is 0 Å². The Hall–Kier alpha value is -6.18. The number of furan rings is 1. The first-order valence-electron chi connectivity index (χ1n) is 16.2. The van der Waals surface area contributed by atoms with Crippen LogP contribution in [0.5, 0.6) is 0 Å². The average molecular weight is 597 g/mol. The van der Waals surface area contributed by atoms with Crippen LogP contribution in [0.3, 0.4) is 0 Å². The highest BCUT2D eigenvalue weighted by Crippen LogP contribution is 2.48. The zero-order valence-corrected chi connectivity index (χ0v) is 25.6. The first kappa shape index (κ1) is 26.1. The minimum absolute atomic E-state index is 0.903. The molecule has 1 heterocycles. The van der Waals surface area contributed by atoms with Gasteiger partial charge in [-0.3, -0.25) is 0 Å². The highest BCUT2D eigenvalue weighted by Gasteiger charge is 2.21. The van der Waals surface area contributed by atoms with Crippen molar-refractivity contribution in [3.63, 3.8) is 0 Å². The zero-order chi connectivity index (χ0) is 30.9. The van der Waals surface area contributed by atoms with Crippen LogP contribution in [0, 0.1) is 0 Å². The van der Waals surface area contributed by atoms with Crippen LogP contribution >= 0.6 is 0 Å². The molecule has 1 nitrogen and oxygen atoms in total. The maximum atomic E-state index is 6.58. The smallest absolute Gasteiger partial charge is 0.136 e. The van der Waals surface area contributed by atoms with E-state index in [1.54, 1.807) is 0 Å². The molecule has 0 atom stereocenters. The highest BCUT2D eigenvalue weighted by atomic mass is 16.3. The second kappa shape index (κ2) is 10.2. The van der Waals surface area contributed by atoms with E-state index in [1.165, 1.54) is 70.9 Å². The van der Waals surface area contributed by atoms with Crippen molar-refractivity contribution in [1.29, 1.82) is 0 Å². The molecule has 1 aromatic heterocycles. The standard InChI is InChI=1S/C46H28O/c1-2-13-29(14-3-1)41-27-31(28-43-46(41)40-21-10-11-24-42(40)47-43)44-36-17-6-8-19-38(36)45(39-20-9-7-18-37(39)44)35-23-12-22-33-32-16-5-4-15-30(32)25-26-34(33)35/h1-28H. The van der Waals surface area contributed by atoms with Gasteiger partial charge in [0.05, 0.1) is 0 Å². The van der Waals surface area contributed by atoms with E-state index < -0.39 is 0 Å². The Bertz CT molecular complexity index is 2780. The van der Waals surface area contributed by atoms with Gasteiger partial charge in [0, 0.05) is 10.8 Å². The first-order valence-corrected chi connectivity index (χ1v) is 16.2. The van der Waals surface area contributed by atoms with Gasteiger partial charge in [-0.1, -0.05) is 152 Å². The Morgan fingerprint density at radius 3 is 1.64 bits per heavy atom. The molecular weight excluding hydrogens is 569 g/mol. The van der Waals surface area contributed by atoms with E-state index in [1.807, 2.05) is 6.07 Å². The van der Waals surface area contributed by atoms with Gasteiger partial charge in [0.25, 0.3) is 0 Å². The lowest BCUT2D eigenvalue weighted by atomic mass is 9.83. The van der Waals surface area contributed by atoms with Gasteiger partial charge < -0.3 is 4.42 Å². The van der Waals surface area contributed by atoms with Crippen molar-refractivity contribution in [1.82, 2.24) is 0 Å². The summed E-state index contributed by atoms with van der Waals surface area (Å²) in [6.07, 6.45) is 0. The number of para-hydroxylation sites is 1. The molecule has 10 rings (SSSR count). The Morgan fingerprint density at radius 2 is 0.894 bits per heavy atom. The van der Waals surface area contributed by atoms with Gasteiger partial charge in [0.15, 0.2) is 0 Å². The quantitative estimate of drug-likeness (QED) is 0.146. The molecule has 0 aliphatic heterocycles. The van der Waals surface area contributed by atoms with Gasteiger partial charge in [0.2, 0.25) is 0 Å². The van der Waals surface area contributed by atoms with Crippen LogP contribution in [-0.2, 0) is 0 Å². The maximum absolute atomic E-state index is 6.58. The van der Waals surface area contributed by atoms with Crippen LogP contribution in [0.4, 0.5) is 0 Å². The van der Waals surface area contributed by atoms with Crippen molar-refractivity contribution in [2.45, 2.75) is 0 Å². The van der Waals surface area contributed by atoms with Gasteiger partial charge in [0.1, 0.15) is 11.2 Å². The van der Waals surface area contributed by atoms with Gasteiger partial charge in [-0.2, -0.15) is 0 Å². The molecule has 10 aromatic rings. The molecule has 47 heavy (non-hydrogen) atoms. The Labute approximate surface area is 271 Å². The normalized spacial score (nSPS) is 11.8. The number of hydrogen-bond acceptors (Lipinski definition) is 1. The van der Waals surface area contributed by atoms with Crippen LogP contribution in [0.15, 0.2) is 174 Å². The predicted octanol–water partition coefficient (Wildman–Crippen LogP) is 13.2. The summed E-state index contributed by atoms with van der Waals surface area (Å²) < 4.78 is 6.58. The lowest BCUT2D eigenvalue weighted by Crippen LogP contribution is -1.92. The van der Waals surface area contributed by atoms with E-state index in [9.17, 15) is 0 Å². The van der Waals surface area contributed by atoms with Crippen LogP contribution in [0.25, 0.3) is 98.4 Å². The second-order valence-electron chi connectivity index (χ2n) is 12.4. The molecule has 218 valence electrons. The monoisotopic (exact) mass is 596 g/mol. The summed E-state index contributed by atoms with van der Waals surface area (Å²) in [5.74, 6) is 0. The first-order chi connectivity index (χ1) is 23.3. The van der Waals surface area contributed by atoms with Crippen molar-refractivity contribution in [3.8, 4) is 33.4 Å². The van der Waals surface area contributed by atoms with E-state index in [2.05, 4.69) is 164 Å². The molecule has 0 fully saturated rings. The molecule has 0 saturated carbocycles. The molecular formula is C46H28O. The fraction of sp³-hybridized carbons (Fsp3) is 0. The number of hydrogen-bond donors (Lipinski definition) is 0. The third-order valence-corrected chi connectivity index (χ3v) is 9.84. The zero-order valence-electron chi connectivity index (χ0n) is 25.6. The average Bonchev–Trinajstić information content (AvgIpc) is 3.52. The molecule has 9 aromatic carbocycles. The fourth-order valence-electron chi connectivity index (χ4n) is 7.83. The molecule has 0 amide bonds. The predicted molar refractivity (Wildman–Crippen MR) is 200 cm³/mol. The molecule has 0 saturated heterocycles. The van der Waals surface area contributed by atoms with Gasteiger partial charge in [-0.15, -0.1) is 0 Å². The van der Waals surface area contributed by atoms with Crippen LogP contribution in [0.1, 0.15) is 0 Å². The van der Waals surface area contributed by atoms with E-state index in [-0.39, 0.29) is 0 Å². The molecule has 0 radical (unpaired) electrons. The van der Waals surface area contributed by atoms with Crippen molar-refractivity contribution in [3.05, 3.63) is 170 Å². The largest absolute Gasteiger partial charge is 0.456 e. The molecule has 0 aliphatic carbocycles. The summed E-state index contributed by atoms with van der Waals surface area (Å²) in [4.78, 5) is 0. The van der Waals surface area contributed by atoms with Crippen molar-refractivity contribution >= 4 is 65.0 Å². The van der Waals surface area contributed by atoms with Gasteiger partial charge in [-0.05, 0) is 94.7 Å². The molecule has 0 N–H and O–H groups in total. The Kier molecular flexibility index (Phi) is 5.64. The minimum Gasteiger partial charge on any atom is -0.456 e. The molecule has 0 unspecified atom stereocenters. The molecule has 0 aliphatic rings. The summed E-state index contributed by atoms with van der Waals surface area (Å²) in [6, 6.07) is 61.5. The van der Waals surface area contributed by atoms with E-state index >= 15 is 0 Å². The minimum atomic E-state index is 0.903. The van der Waals surface area contributed by atoms with E-state index in [4.69, 9.17) is 4.42 Å². The summed E-state index contributed by atoms with van der Waals surface area (Å²) in [5.41, 5.74) is 9.08. The number of rotatable bonds is 3. The lowest BCUT2D eigenvalue weighted by molar-refractivity contribution is 0.669. The molecule has 0 spiro atoms. The summed E-state index contributed by atoms with van der Waals surface area (Å²) in [5, 5.41) is 12.3. The topological polar surface area (TPSA) is 13.1 Å².